The van der Waals surface area contributed by atoms with E-state index in [1.54, 1.807) is 5.57 Å². The Morgan fingerprint density at radius 3 is 2.34 bits per heavy atom. The van der Waals surface area contributed by atoms with Crippen molar-refractivity contribution in [1.29, 1.82) is 0 Å². The molecule has 0 aromatic rings. The van der Waals surface area contributed by atoms with Crippen LogP contribution in [-0.4, -0.2) is 17.5 Å². The number of Topliss-reactive ketones (excluding diaryl/α,β-unsaturated/α-hetero) is 1. The maximum Gasteiger partial charge on any atom is 0.142 e. The van der Waals surface area contributed by atoms with Crippen LogP contribution in [0.3, 0.4) is 0 Å². The van der Waals surface area contributed by atoms with E-state index in [0.717, 1.165) is 25.2 Å². The first-order valence-electron chi connectivity index (χ1n) is 13.6. The Bertz CT molecular complexity index is 851. The zero-order valence-electron chi connectivity index (χ0n) is 21.9. The summed E-state index contributed by atoms with van der Waals surface area (Å²) in [6.07, 6.45) is 14.0. The molecule has 32 heavy (non-hydrogen) atoms. The summed E-state index contributed by atoms with van der Waals surface area (Å²) in [5, 5.41) is 10.6. The third-order valence-corrected chi connectivity index (χ3v) is 12.7. The van der Waals surface area contributed by atoms with Crippen molar-refractivity contribution in [1.82, 2.24) is 0 Å². The SMILES string of the molecule is CC1(C)CC[C@]2(CO)C(=O)C[C@]3(C)C(=CC[C@@H]4[C@@]5(C)CCCC(C)(C)[C@@H]5CC[C@]43C)[C@@H]2C1. The summed E-state index contributed by atoms with van der Waals surface area (Å²) in [4.78, 5) is 13.9. The number of ketones is 1. The van der Waals surface area contributed by atoms with Crippen LogP contribution in [0.4, 0.5) is 0 Å². The van der Waals surface area contributed by atoms with Gasteiger partial charge in [0.1, 0.15) is 5.78 Å². The number of hydrogen-bond donors (Lipinski definition) is 1. The molecule has 0 radical (unpaired) electrons. The van der Waals surface area contributed by atoms with E-state index in [-0.39, 0.29) is 28.8 Å². The molecule has 0 amide bonds. The van der Waals surface area contributed by atoms with E-state index in [0.29, 0.717) is 29.0 Å². The van der Waals surface area contributed by atoms with Crippen LogP contribution in [0, 0.1) is 50.2 Å². The Morgan fingerprint density at radius 1 is 0.938 bits per heavy atom. The largest absolute Gasteiger partial charge is 0.395 e. The quantitative estimate of drug-likeness (QED) is 0.433. The molecule has 5 aliphatic carbocycles. The molecule has 180 valence electrons. The van der Waals surface area contributed by atoms with Crippen LogP contribution < -0.4 is 0 Å². The molecule has 4 saturated carbocycles. The lowest BCUT2D eigenvalue weighted by Crippen LogP contribution is -2.65. The summed E-state index contributed by atoms with van der Waals surface area (Å²) in [7, 11) is 0. The highest BCUT2D eigenvalue weighted by atomic mass is 16.3. The molecule has 5 rings (SSSR count). The molecular weight excluding hydrogens is 392 g/mol. The maximum absolute atomic E-state index is 13.9. The van der Waals surface area contributed by atoms with Crippen LogP contribution in [0.15, 0.2) is 11.6 Å². The fraction of sp³-hybridized carbons (Fsp3) is 0.900. The lowest BCUT2D eigenvalue weighted by molar-refractivity contribution is -0.186. The molecule has 0 aromatic carbocycles. The van der Waals surface area contributed by atoms with Gasteiger partial charge in [-0.25, -0.2) is 0 Å². The van der Waals surface area contributed by atoms with Gasteiger partial charge in [-0.1, -0.05) is 66.5 Å². The fourth-order valence-electron chi connectivity index (χ4n) is 10.6. The fourth-order valence-corrected chi connectivity index (χ4v) is 10.6. The number of hydrogen-bond acceptors (Lipinski definition) is 2. The van der Waals surface area contributed by atoms with Gasteiger partial charge >= 0.3 is 0 Å². The first-order chi connectivity index (χ1) is 14.8. The summed E-state index contributed by atoms with van der Waals surface area (Å²) in [5.41, 5.74) is 2.22. The zero-order chi connectivity index (χ0) is 23.4. The van der Waals surface area contributed by atoms with E-state index in [2.05, 4.69) is 54.5 Å². The second-order valence-corrected chi connectivity index (χ2v) is 15.0. The van der Waals surface area contributed by atoms with Crippen LogP contribution in [0.2, 0.25) is 0 Å². The summed E-state index contributed by atoms with van der Waals surface area (Å²) < 4.78 is 0. The van der Waals surface area contributed by atoms with Crippen LogP contribution in [0.1, 0.15) is 113 Å². The lowest BCUT2D eigenvalue weighted by atomic mass is 9.33. The summed E-state index contributed by atoms with van der Waals surface area (Å²) in [5.74, 6) is 2.06. The number of fused-ring (bicyclic) bond motifs is 7. The molecule has 0 aliphatic heterocycles. The van der Waals surface area contributed by atoms with Gasteiger partial charge in [-0.3, -0.25) is 4.79 Å². The van der Waals surface area contributed by atoms with Crippen LogP contribution in [0.5, 0.6) is 0 Å². The molecule has 2 heteroatoms. The Morgan fingerprint density at radius 2 is 1.66 bits per heavy atom. The molecule has 5 aliphatic rings. The zero-order valence-corrected chi connectivity index (χ0v) is 21.9. The second kappa shape index (κ2) is 6.73. The first kappa shape index (κ1) is 23.1. The third kappa shape index (κ3) is 2.71. The molecular formula is C30H48O2. The second-order valence-electron chi connectivity index (χ2n) is 15.0. The van der Waals surface area contributed by atoms with Crippen molar-refractivity contribution in [2.45, 2.75) is 113 Å². The number of carbonyl (C=O) groups is 1. The van der Waals surface area contributed by atoms with Crippen molar-refractivity contribution >= 4 is 5.78 Å². The van der Waals surface area contributed by atoms with Crippen molar-refractivity contribution in [3.05, 3.63) is 11.6 Å². The average Bonchev–Trinajstić information content (AvgIpc) is 2.67. The summed E-state index contributed by atoms with van der Waals surface area (Å²) >= 11 is 0. The first-order valence-corrected chi connectivity index (χ1v) is 13.6. The molecule has 7 atom stereocenters. The van der Waals surface area contributed by atoms with Gasteiger partial charge in [-0.05, 0) is 90.8 Å². The molecule has 1 N–H and O–H groups in total. The average molecular weight is 441 g/mol. The van der Waals surface area contributed by atoms with E-state index >= 15 is 0 Å². The Kier molecular flexibility index (Phi) is 4.87. The van der Waals surface area contributed by atoms with Crippen molar-refractivity contribution in [2.75, 3.05) is 6.61 Å². The van der Waals surface area contributed by atoms with Gasteiger partial charge < -0.3 is 5.11 Å². The van der Waals surface area contributed by atoms with E-state index in [9.17, 15) is 9.90 Å². The van der Waals surface area contributed by atoms with Crippen molar-refractivity contribution in [2.24, 2.45) is 50.2 Å². The third-order valence-electron chi connectivity index (χ3n) is 12.7. The van der Waals surface area contributed by atoms with Gasteiger partial charge in [0, 0.05) is 11.8 Å². The number of aliphatic hydroxyl groups excluding tert-OH is 1. The van der Waals surface area contributed by atoms with Crippen molar-refractivity contribution < 1.29 is 9.90 Å². The van der Waals surface area contributed by atoms with E-state index in [1.807, 2.05) is 0 Å². The normalized spacial score (nSPS) is 51.6. The molecule has 2 nitrogen and oxygen atoms in total. The molecule has 0 spiro atoms. The molecule has 0 heterocycles. The maximum atomic E-state index is 13.9. The van der Waals surface area contributed by atoms with Crippen molar-refractivity contribution in [3.63, 3.8) is 0 Å². The predicted molar refractivity (Wildman–Crippen MR) is 131 cm³/mol. The van der Waals surface area contributed by atoms with Crippen LogP contribution in [0.25, 0.3) is 0 Å². The highest BCUT2D eigenvalue weighted by Gasteiger charge is 2.69. The molecule has 0 bridgehead atoms. The van der Waals surface area contributed by atoms with Gasteiger partial charge in [-0.15, -0.1) is 0 Å². The van der Waals surface area contributed by atoms with E-state index in [1.165, 1.54) is 38.5 Å². The van der Waals surface area contributed by atoms with Gasteiger partial charge in [0.05, 0.1) is 12.0 Å². The lowest BCUT2D eigenvalue weighted by Gasteiger charge is -2.70. The molecule has 4 fully saturated rings. The van der Waals surface area contributed by atoms with Crippen LogP contribution >= 0.6 is 0 Å². The van der Waals surface area contributed by atoms with Crippen molar-refractivity contribution in [3.8, 4) is 0 Å². The monoisotopic (exact) mass is 440 g/mol. The predicted octanol–water partition coefficient (Wildman–Crippen LogP) is 7.35. The van der Waals surface area contributed by atoms with Gasteiger partial charge in [0.15, 0.2) is 0 Å². The molecule has 0 aromatic heterocycles. The Labute approximate surface area is 197 Å². The minimum Gasteiger partial charge on any atom is -0.395 e. The molecule has 0 unspecified atom stereocenters. The number of allylic oxidation sites excluding steroid dienone is 2. The summed E-state index contributed by atoms with van der Waals surface area (Å²) in [6, 6.07) is 0. The minimum atomic E-state index is -0.516. The van der Waals surface area contributed by atoms with Crippen LogP contribution in [-0.2, 0) is 4.79 Å². The Hall–Kier alpha value is -0.630. The number of rotatable bonds is 1. The standard InChI is InChI=1S/C30H48O2/c1-25(2)15-16-30(19-31)21(17-25)20-9-10-23-27(5)13-8-12-26(3,4)22(27)11-14-28(23,6)29(20,7)18-24(30)32/h9,21-23,31H,8,10-19H2,1-7H3/t21-,22-,23+,27-,28+,29+,30+/m0/s1. The van der Waals surface area contributed by atoms with Gasteiger partial charge in [0.25, 0.3) is 0 Å². The van der Waals surface area contributed by atoms with Gasteiger partial charge in [0.2, 0.25) is 0 Å². The van der Waals surface area contributed by atoms with E-state index in [4.69, 9.17) is 0 Å². The highest BCUT2D eigenvalue weighted by Crippen LogP contribution is 2.75. The number of aliphatic hydroxyl groups is 1. The number of carbonyl (C=O) groups excluding carboxylic acids is 1. The minimum absolute atomic E-state index is 0.0358. The smallest absolute Gasteiger partial charge is 0.142 e. The van der Waals surface area contributed by atoms with E-state index < -0.39 is 5.41 Å². The summed E-state index contributed by atoms with van der Waals surface area (Å²) in [6.45, 7) is 17.5. The molecule has 0 saturated heterocycles. The topological polar surface area (TPSA) is 37.3 Å². The highest BCUT2D eigenvalue weighted by molar-refractivity contribution is 5.89. The van der Waals surface area contributed by atoms with Gasteiger partial charge in [-0.2, -0.15) is 0 Å². The Balaban J connectivity index is 1.62.